The Labute approximate surface area is 132 Å². The molecule has 3 nitrogen and oxygen atoms in total. The minimum Gasteiger partial charge on any atom is -0.466 e. The Balaban J connectivity index is 1.36. The van der Waals surface area contributed by atoms with Crippen molar-refractivity contribution < 1.29 is 4.74 Å². The highest BCUT2D eigenvalue weighted by Gasteiger charge is 2.48. The lowest BCUT2D eigenvalue weighted by Gasteiger charge is -2.55. The van der Waals surface area contributed by atoms with Crippen molar-refractivity contribution in [1.29, 1.82) is 0 Å². The summed E-state index contributed by atoms with van der Waals surface area (Å²) >= 11 is 3.43. The van der Waals surface area contributed by atoms with Crippen molar-refractivity contribution in [3.8, 4) is 15.6 Å². The Morgan fingerprint density at radius 2 is 2.05 bits per heavy atom. The second kappa shape index (κ2) is 4.80. The minimum absolute atomic E-state index is 0.402. The van der Waals surface area contributed by atoms with E-state index in [-0.39, 0.29) is 0 Å². The first-order valence-electron chi connectivity index (χ1n) is 7.72. The standard InChI is InChI=1S/C16H18N2OS2/c1-2-20-9-11(1)14-5-17-16(21-14)19-15-12-3-10-4-13(15)8-18(6-10)7-12/h1-2,5,9-10,12-13,15H,3-4,6-8H2/t10?,12-,13-,15?/m0/s1. The van der Waals surface area contributed by atoms with Gasteiger partial charge in [-0.3, -0.25) is 0 Å². The van der Waals surface area contributed by atoms with Gasteiger partial charge in [0.2, 0.25) is 0 Å². The van der Waals surface area contributed by atoms with Gasteiger partial charge >= 0.3 is 0 Å². The van der Waals surface area contributed by atoms with Crippen molar-refractivity contribution in [2.75, 3.05) is 19.6 Å². The number of thiophene rings is 1. The molecule has 2 atom stereocenters. The molecule has 1 aliphatic carbocycles. The third-order valence-electron chi connectivity index (χ3n) is 5.23. The Morgan fingerprint density at radius 3 is 2.76 bits per heavy atom. The summed E-state index contributed by atoms with van der Waals surface area (Å²) in [6, 6.07) is 2.15. The van der Waals surface area contributed by atoms with E-state index in [1.807, 2.05) is 6.20 Å². The summed E-state index contributed by atoms with van der Waals surface area (Å²) in [5, 5.41) is 5.15. The van der Waals surface area contributed by atoms with Gasteiger partial charge in [-0.1, -0.05) is 11.3 Å². The fraction of sp³-hybridized carbons (Fsp3) is 0.562. The van der Waals surface area contributed by atoms with Crippen LogP contribution in [0.3, 0.4) is 0 Å². The van der Waals surface area contributed by atoms with E-state index in [2.05, 4.69) is 26.7 Å². The molecule has 4 bridgehead atoms. The average molecular weight is 318 g/mol. The van der Waals surface area contributed by atoms with Crippen molar-refractivity contribution >= 4 is 22.7 Å². The summed E-state index contributed by atoms with van der Waals surface area (Å²) in [5.41, 5.74) is 1.27. The van der Waals surface area contributed by atoms with E-state index >= 15 is 0 Å². The van der Waals surface area contributed by atoms with Crippen LogP contribution in [0, 0.1) is 17.8 Å². The van der Waals surface area contributed by atoms with Crippen molar-refractivity contribution in [2.24, 2.45) is 17.8 Å². The first kappa shape index (κ1) is 12.6. The molecule has 0 N–H and O–H groups in total. The summed E-state index contributed by atoms with van der Waals surface area (Å²) in [5.74, 6) is 2.38. The van der Waals surface area contributed by atoms with E-state index in [9.17, 15) is 0 Å². The van der Waals surface area contributed by atoms with Gasteiger partial charge < -0.3 is 9.64 Å². The Morgan fingerprint density at radius 1 is 1.19 bits per heavy atom. The second-order valence-electron chi connectivity index (χ2n) is 6.66. The SMILES string of the molecule is c1cc(-c2cnc(OC3[C@H]4CC5C[C@H]3CN(C5)C4)s2)cs1. The van der Waals surface area contributed by atoms with Crippen LogP contribution in [0.1, 0.15) is 12.8 Å². The zero-order valence-electron chi connectivity index (χ0n) is 11.8. The lowest BCUT2D eigenvalue weighted by atomic mass is 9.66. The lowest BCUT2D eigenvalue weighted by molar-refractivity contribution is -0.0985. The highest BCUT2D eigenvalue weighted by Crippen LogP contribution is 2.45. The maximum atomic E-state index is 6.35. The topological polar surface area (TPSA) is 25.4 Å². The largest absolute Gasteiger partial charge is 0.466 e. The van der Waals surface area contributed by atoms with Crippen LogP contribution in [0.4, 0.5) is 0 Å². The molecule has 0 spiro atoms. The smallest absolute Gasteiger partial charge is 0.274 e. The van der Waals surface area contributed by atoms with Gasteiger partial charge in [0, 0.05) is 43.2 Å². The molecule has 1 saturated carbocycles. The summed E-state index contributed by atoms with van der Waals surface area (Å²) in [4.78, 5) is 8.38. The van der Waals surface area contributed by atoms with Gasteiger partial charge in [0.15, 0.2) is 0 Å². The highest BCUT2D eigenvalue weighted by molar-refractivity contribution is 7.17. The fourth-order valence-corrected chi connectivity index (χ4v) is 6.06. The zero-order valence-corrected chi connectivity index (χ0v) is 13.4. The van der Waals surface area contributed by atoms with Crippen LogP contribution in [0.15, 0.2) is 23.0 Å². The number of hydrogen-bond acceptors (Lipinski definition) is 5. The van der Waals surface area contributed by atoms with Crippen molar-refractivity contribution in [3.05, 3.63) is 23.0 Å². The molecule has 6 rings (SSSR count). The molecule has 2 aromatic rings. The van der Waals surface area contributed by atoms with Crippen molar-refractivity contribution in [2.45, 2.75) is 18.9 Å². The fourth-order valence-electron chi connectivity index (χ4n) is 4.52. The normalized spacial score (nSPS) is 37.0. The van der Waals surface area contributed by atoms with Crippen LogP contribution in [0.5, 0.6) is 5.19 Å². The molecule has 2 aromatic heterocycles. The van der Waals surface area contributed by atoms with E-state index in [0.29, 0.717) is 6.10 Å². The van der Waals surface area contributed by atoms with Crippen molar-refractivity contribution in [3.63, 3.8) is 0 Å². The van der Waals surface area contributed by atoms with Gasteiger partial charge in [-0.25, -0.2) is 4.98 Å². The monoisotopic (exact) mass is 318 g/mol. The van der Waals surface area contributed by atoms with Gasteiger partial charge in [0.1, 0.15) is 6.10 Å². The number of ether oxygens (including phenoxy) is 1. The molecule has 0 amide bonds. The quantitative estimate of drug-likeness (QED) is 0.865. The van der Waals surface area contributed by atoms with Crippen LogP contribution in [-0.4, -0.2) is 35.6 Å². The summed E-state index contributed by atoms with van der Waals surface area (Å²) in [7, 11) is 0. The number of hydrogen-bond donors (Lipinski definition) is 0. The van der Waals surface area contributed by atoms with Crippen LogP contribution in [0.2, 0.25) is 0 Å². The number of rotatable bonds is 3. The first-order chi connectivity index (χ1) is 10.3. The van der Waals surface area contributed by atoms with E-state index in [4.69, 9.17) is 4.74 Å². The van der Waals surface area contributed by atoms with Gasteiger partial charge in [0.05, 0.1) is 4.88 Å². The van der Waals surface area contributed by atoms with E-state index < -0.39 is 0 Å². The van der Waals surface area contributed by atoms with Gasteiger partial charge in [-0.05, 0) is 35.6 Å². The summed E-state index contributed by atoms with van der Waals surface area (Å²) < 4.78 is 6.35. The third kappa shape index (κ3) is 2.14. The molecule has 4 aliphatic rings. The number of nitrogens with zero attached hydrogens (tertiary/aromatic N) is 2. The predicted molar refractivity (Wildman–Crippen MR) is 86.0 cm³/mol. The molecular weight excluding hydrogens is 300 g/mol. The van der Waals surface area contributed by atoms with Crippen LogP contribution < -0.4 is 4.74 Å². The number of thiazole rings is 1. The Kier molecular flexibility index (Phi) is 2.88. The summed E-state index contributed by atoms with van der Waals surface area (Å²) in [6.07, 6.45) is 5.09. The maximum absolute atomic E-state index is 6.35. The van der Waals surface area contributed by atoms with E-state index in [1.165, 1.54) is 42.9 Å². The van der Waals surface area contributed by atoms with Gasteiger partial charge in [-0.15, -0.1) is 0 Å². The van der Waals surface area contributed by atoms with E-state index in [1.54, 1.807) is 22.7 Å². The predicted octanol–water partition coefficient (Wildman–Crippen LogP) is 3.59. The average Bonchev–Trinajstić information content (AvgIpc) is 3.13. The lowest BCUT2D eigenvalue weighted by Crippen LogP contribution is -2.61. The first-order valence-corrected chi connectivity index (χ1v) is 9.48. The van der Waals surface area contributed by atoms with Crippen LogP contribution in [-0.2, 0) is 0 Å². The molecule has 0 unspecified atom stereocenters. The molecule has 4 fully saturated rings. The molecular formula is C16H18N2OS2. The maximum Gasteiger partial charge on any atom is 0.274 e. The summed E-state index contributed by atoms with van der Waals surface area (Å²) in [6.45, 7) is 3.81. The molecule has 5 heteroatoms. The minimum atomic E-state index is 0.402. The molecule has 0 aromatic carbocycles. The molecule has 3 aliphatic heterocycles. The third-order valence-corrected chi connectivity index (χ3v) is 6.85. The Hall–Kier alpha value is -0.910. The van der Waals surface area contributed by atoms with E-state index in [0.717, 1.165) is 22.9 Å². The molecule has 0 radical (unpaired) electrons. The van der Waals surface area contributed by atoms with Gasteiger partial charge in [0.25, 0.3) is 5.19 Å². The molecule has 21 heavy (non-hydrogen) atoms. The Bertz CT molecular complexity index is 609. The number of aromatic nitrogens is 1. The number of piperidine rings is 3. The van der Waals surface area contributed by atoms with Gasteiger partial charge in [-0.2, -0.15) is 11.3 Å². The van der Waals surface area contributed by atoms with Crippen LogP contribution >= 0.6 is 22.7 Å². The van der Waals surface area contributed by atoms with Crippen molar-refractivity contribution in [1.82, 2.24) is 9.88 Å². The molecule has 3 saturated heterocycles. The molecule has 110 valence electrons. The molecule has 5 heterocycles. The van der Waals surface area contributed by atoms with Crippen LogP contribution in [0.25, 0.3) is 10.4 Å². The second-order valence-corrected chi connectivity index (χ2v) is 8.43. The zero-order chi connectivity index (χ0) is 13.8. The highest BCUT2D eigenvalue weighted by atomic mass is 32.1.